The highest BCUT2D eigenvalue weighted by Crippen LogP contribution is 2.36. The van der Waals surface area contributed by atoms with Crippen LogP contribution in [-0.4, -0.2) is 217 Å². The van der Waals surface area contributed by atoms with Gasteiger partial charge in [0, 0.05) is 135 Å². The molecule has 6 atom stereocenters. The van der Waals surface area contributed by atoms with Crippen LogP contribution in [0.4, 0.5) is 26.1 Å². The summed E-state index contributed by atoms with van der Waals surface area (Å²) in [4.78, 5) is 106. The van der Waals surface area contributed by atoms with Crippen LogP contribution >= 0.6 is 11.3 Å². The van der Waals surface area contributed by atoms with E-state index in [2.05, 4.69) is 80.3 Å². The molecule has 23 nitrogen and oxygen atoms in total. The Hall–Kier alpha value is -6.97. The van der Waals surface area contributed by atoms with Gasteiger partial charge in [-0.1, -0.05) is 58.9 Å². The third kappa shape index (κ3) is 19.0. The highest BCUT2D eigenvalue weighted by atomic mass is 32.1. The molecule has 2 aromatic carbocycles. The van der Waals surface area contributed by atoms with E-state index in [9.17, 15) is 33.9 Å². The number of fused-ring (bicyclic) bond motifs is 1. The van der Waals surface area contributed by atoms with Gasteiger partial charge in [0.2, 0.25) is 35.4 Å². The van der Waals surface area contributed by atoms with Crippen molar-refractivity contribution >= 4 is 64.1 Å². The van der Waals surface area contributed by atoms with E-state index in [1.165, 1.54) is 23.4 Å². The second kappa shape index (κ2) is 31.5. The van der Waals surface area contributed by atoms with Gasteiger partial charge in [0.25, 0.3) is 0 Å². The van der Waals surface area contributed by atoms with Crippen molar-refractivity contribution in [3.05, 3.63) is 82.8 Å². The number of piperidine rings is 2. The van der Waals surface area contributed by atoms with E-state index in [1.54, 1.807) is 16.2 Å². The van der Waals surface area contributed by atoms with Crippen LogP contribution in [-0.2, 0) is 40.0 Å². The topological polar surface area (TPSA) is 262 Å². The number of carbonyl (C=O) groups excluding carboxylic acids is 6. The average molecular weight is 1340 g/mol. The van der Waals surface area contributed by atoms with Gasteiger partial charge in [-0.3, -0.25) is 33.7 Å². The third-order valence-corrected chi connectivity index (χ3v) is 21.0. The summed E-state index contributed by atoms with van der Waals surface area (Å²) in [5, 5.41) is 29.0. The van der Waals surface area contributed by atoms with Crippen LogP contribution in [0, 0.1) is 41.2 Å². The fourth-order valence-electron chi connectivity index (χ4n) is 14.3. The minimum atomic E-state index is -1.01. The van der Waals surface area contributed by atoms with Crippen molar-refractivity contribution in [1.29, 1.82) is 0 Å². The fraction of sp³-hybridized carbons (Fsp3) is 0.638. The number of halogens is 2. The van der Waals surface area contributed by atoms with Crippen molar-refractivity contribution in [2.75, 3.05) is 133 Å². The van der Waals surface area contributed by atoms with Gasteiger partial charge in [0.05, 0.1) is 59.2 Å². The number of nitrogens with one attached hydrogen (secondary N) is 6. The van der Waals surface area contributed by atoms with Gasteiger partial charge >= 0.3 is 0 Å². The molecule has 4 aromatic rings. The molecule has 518 valence electrons. The molecule has 7 N–H and O–H groups in total. The number of anilines is 3. The van der Waals surface area contributed by atoms with Crippen molar-refractivity contribution < 1.29 is 47.4 Å². The summed E-state index contributed by atoms with van der Waals surface area (Å²) < 4.78 is 37.2. The molecule has 95 heavy (non-hydrogen) atoms. The maximum absolute atomic E-state index is 15.7. The predicted octanol–water partition coefficient (Wildman–Crippen LogP) is 5.24. The summed E-state index contributed by atoms with van der Waals surface area (Å²) in [7, 11) is 0. The Morgan fingerprint density at radius 2 is 1.46 bits per heavy atom. The first-order valence-electron chi connectivity index (χ1n) is 34.1. The lowest BCUT2D eigenvalue weighted by Gasteiger charge is -2.48. The number of thiazole rings is 1. The summed E-state index contributed by atoms with van der Waals surface area (Å²) in [5.74, 6) is -0.296. The number of ether oxygens (including phenoxy) is 1. The summed E-state index contributed by atoms with van der Waals surface area (Å²) >= 11 is 1.56. The minimum absolute atomic E-state index is 0.0264. The number of piperazine rings is 1. The summed E-state index contributed by atoms with van der Waals surface area (Å²) in [6.07, 6.45) is 4.84. The Bertz CT molecular complexity index is 3300. The monoisotopic (exact) mass is 1340 g/mol. The molecule has 26 heteroatoms. The molecular weight excluding hydrogens is 1240 g/mol. The molecule has 0 unspecified atom stereocenters. The number of benzene rings is 2. The second-order valence-corrected chi connectivity index (χ2v) is 29.9. The van der Waals surface area contributed by atoms with E-state index >= 15 is 8.78 Å². The lowest BCUT2D eigenvalue weighted by molar-refractivity contribution is -0.144. The van der Waals surface area contributed by atoms with Gasteiger partial charge < -0.3 is 66.2 Å². The molecule has 0 bridgehead atoms. The van der Waals surface area contributed by atoms with E-state index in [4.69, 9.17) is 4.74 Å². The quantitative estimate of drug-likeness (QED) is 0.0377. The lowest BCUT2D eigenvalue weighted by Crippen LogP contribution is -2.66. The zero-order valence-electron chi connectivity index (χ0n) is 56.5. The Morgan fingerprint density at radius 1 is 0.779 bits per heavy atom. The van der Waals surface area contributed by atoms with Crippen molar-refractivity contribution in [1.82, 2.24) is 61.1 Å². The summed E-state index contributed by atoms with van der Waals surface area (Å²) in [5.41, 5.74) is 4.06. The molecule has 6 aliphatic rings. The molecular formula is C69H99F2N15O8S. The molecule has 6 saturated heterocycles. The minimum Gasteiger partial charge on any atom is -0.391 e. The van der Waals surface area contributed by atoms with Crippen LogP contribution in [0.25, 0.3) is 10.4 Å². The number of aliphatic hydroxyl groups is 1. The Balaban J connectivity index is 0.549. The number of amides is 6. The molecule has 8 heterocycles. The number of hydrogen-bond donors (Lipinski definition) is 7. The second-order valence-electron chi connectivity index (χ2n) is 29.0. The highest BCUT2D eigenvalue weighted by molar-refractivity contribution is 7.13. The van der Waals surface area contributed by atoms with Crippen LogP contribution in [0.3, 0.4) is 0 Å². The molecule has 0 radical (unpaired) electrons. The van der Waals surface area contributed by atoms with Gasteiger partial charge in [-0.05, 0) is 98.9 Å². The maximum atomic E-state index is 15.7. The van der Waals surface area contributed by atoms with Gasteiger partial charge in [-0.15, -0.1) is 11.3 Å². The first kappa shape index (κ1) is 70.8. The number of likely N-dealkylation sites (tertiary alicyclic amines) is 4. The molecule has 2 aromatic heterocycles. The van der Waals surface area contributed by atoms with Gasteiger partial charge in [-0.2, -0.15) is 0 Å². The van der Waals surface area contributed by atoms with Crippen molar-refractivity contribution in [2.45, 2.75) is 143 Å². The first-order chi connectivity index (χ1) is 45.4. The van der Waals surface area contributed by atoms with Crippen LogP contribution < -0.4 is 41.7 Å². The molecule has 6 aliphatic heterocycles. The van der Waals surface area contributed by atoms with Gasteiger partial charge in [0.1, 0.15) is 41.7 Å². The van der Waals surface area contributed by atoms with Gasteiger partial charge in [0.15, 0.2) is 0 Å². The average Bonchev–Trinajstić information content (AvgIpc) is 1.59. The number of aliphatic hydroxyl groups excluding tert-OH is 1. The molecule has 0 saturated carbocycles. The molecule has 0 aliphatic carbocycles. The number of β-amino-alcohol motifs (C(OH)–C–C–N with tert-alkyl or cyclic N) is 1. The van der Waals surface area contributed by atoms with E-state index in [-0.39, 0.29) is 73.8 Å². The van der Waals surface area contributed by atoms with E-state index in [0.717, 1.165) is 86.2 Å². The summed E-state index contributed by atoms with van der Waals surface area (Å²) in [6, 6.07) is 10.1. The Kier molecular flexibility index (Phi) is 23.5. The third-order valence-electron chi connectivity index (χ3n) is 20.0. The van der Waals surface area contributed by atoms with Crippen molar-refractivity contribution in [3.63, 3.8) is 0 Å². The SMILES string of the molecule is Cc1ncsc1-c1ccc([C@H](C)NC(=O)[C@@H]2C[C@@H](O)CN2C(=O)[C@@H](NC(=O)CCC(=O)NCCOCCN2C[C@@H]3CN(CCC(=O)NCCCNc4cc(N5CCC6(CC5)CN(c5cc(F)c(CN7CCC(C)(C)CC7)cc5F)CC(=O)N6)ncn4)C[C@@H]3C2)C(C)(C)C)cc1. The molecule has 6 amide bonds. The van der Waals surface area contributed by atoms with E-state index < -0.39 is 58.5 Å². The van der Waals surface area contributed by atoms with Crippen LogP contribution in [0.5, 0.6) is 0 Å². The summed E-state index contributed by atoms with van der Waals surface area (Å²) in [6.45, 7) is 24.9. The largest absolute Gasteiger partial charge is 0.391 e. The standard InChI is InChI=1S/C69H99F2N15O8S/c1-45(47-9-11-48(12-10-47)63-46(2)77-44-95-63)78-65(92)56-32-52(87)40-86(56)66(93)64(67(3,4)5)79-61(90)14-13-59(88)74-22-29-94-30-28-83-38-50-36-82(37-51(50)39-83)23-15-60(89)73-21-8-20-72-57-34-58(76-43-75-57)84-26-18-69(19-27-84)42-85(41-62(91)80-69)55-33-53(70)49(31-54(55)71)35-81-24-16-68(6,7)17-25-81/h9-12,31,33-34,43-45,50-52,56,64,87H,8,13-30,32,35-42H2,1-7H3,(H,73,89)(H,74,88)(H,78,92)(H,79,90)(H,80,91)(H,72,75,76)/t45-,50-,51+,52+,56-,64+/m0/s1. The van der Waals surface area contributed by atoms with Gasteiger partial charge in [-0.25, -0.2) is 23.7 Å². The maximum Gasteiger partial charge on any atom is 0.246 e. The predicted molar refractivity (Wildman–Crippen MR) is 361 cm³/mol. The van der Waals surface area contributed by atoms with Crippen LogP contribution in [0.15, 0.2) is 54.3 Å². The van der Waals surface area contributed by atoms with E-state index in [1.807, 2.05) is 70.5 Å². The number of aromatic nitrogens is 3. The lowest BCUT2D eigenvalue weighted by atomic mass is 9.82. The molecule has 10 rings (SSSR count). The van der Waals surface area contributed by atoms with Crippen molar-refractivity contribution in [2.24, 2.45) is 22.7 Å². The Morgan fingerprint density at radius 3 is 2.16 bits per heavy atom. The fourth-order valence-corrected chi connectivity index (χ4v) is 15.1. The number of nitrogens with zero attached hydrogens (tertiary/aromatic N) is 9. The van der Waals surface area contributed by atoms with Crippen LogP contribution in [0.1, 0.15) is 122 Å². The smallest absolute Gasteiger partial charge is 0.246 e. The van der Waals surface area contributed by atoms with E-state index in [0.29, 0.717) is 108 Å². The van der Waals surface area contributed by atoms with Crippen LogP contribution in [0.2, 0.25) is 0 Å². The number of hydrogen-bond acceptors (Lipinski definition) is 18. The van der Waals surface area contributed by atoms with Crippen molar-refractivity contribution in [3.8, 4) is 10.4 Å². The number of carbonyl (C=O) groups is 6. The molecule has 1 spiro atoms. The zero-order valence-corrected chi connectivity index (χ0v) is 57.3. The number of rotatable bonds is 27. The first-order valence-corrected chi connectivity index (χ1v) is 35.0. The zero-order chi connectivity index (χ0) is 67.6. The highest BCUT2D eigenvalue weighted by Gasteiger charge is 2.46. The normalized spacial score (nSPS) is 22.1. The number of aryl methyl sites for hydroxylation is 1. The molecule has 6 fully saturated rings. The Labute approximate surface area is 561 Å².